The molecule has 2 aliphatic heterocycles. The van der Waals surface area contributed by atoms with Crippen LogP contribution in [0.3, 0.4) is 0 Å². The van der Waals surface area contributed by atoms with Gasteiger partial charge in [-0.3, -0.25) is 38.4 Å². The van der Waals surface area contributed by atoms with Crippen LogP contribution in [0.4, 0.5) is 0 Å². The van der Waals surface area contributed by atoms with Crippen molar-refractivity contribution in [3.63, 3.8) is 0 Å². The van der Waals surface area contributed by atoms with Crippen molar-refractivity contribution in [2.24, 2.45) is 61.1 Å². The molecule has 0 bridgehead atoms. The number of carbonyl (C=O) groups excluding carboxylic acids is 5. The van der Waals surface area contributed by atoms with Gasteiger partial charge >= 0.3 is 47.8 Å². The standard InChI is InChI=1S/C67H98O18/c1-37-31-39(27-30-41(37)48-50(84-58(77)63(11,12)13)51(85-59(78)64(14,15)16)49(83-57(76)62(8,9)10)46(82-48)36-80-56(75)61(5,6)7)24-23-38-25-28-40(29-26-38)47-44(34-67(21,22)54(72)73)42(32-65(17,18)52(68)69)43(33-66(19,20)53(70)71)45(81-47)35-79-55(74)60(2,3)4/h23-31,42-51H,32-36H2,1-22H3,(H,68,69)(H,70,71)(H,72,73)/b24-23+/t42-,43+,44+,45-,46+,47-,48+,49+,50+,51-/m0/s1. The summed E-state index contributed by atoms with van der Waals surface area (Å²) in [6.07, 6.45) is -4.50. The fourth-order valence-corrected chi connectivity index (χ4v) is 10.0. The summed E-state index contributed by atoms with van der Waals surface area (Å²) in [4.78, 5) is 107. The van der Waals surface area contributed by atoms with Gasteiger partial charge < -0.3 is 48.5 Å². The lowest BCUT2D eigenvalue weighted by molar-refractivity contribution is -0.262. The fraction of sp³-hybridized carbons (Fsp3) is 0.672. The lowest BCUT2D eigenvalue weighted by atomic mass is 9.60. The first kappa shape index (κ1) is 71.3. The molecule has 2 aromatic rings. The fourth-order valence-electron chi connectivity index (χ4n) is 10.0. The van der Waals surface area contributed by atoms with Gasteiger partial charge in [0.15, 0.2) is 18.3 Å². The van der Waals surface area contributed by atoms with Crippen LogP contribution in [0.2, 0.25) is 0 Å². The number of ether oxygens (including phenoxy) is 7. The highest BCUT2D eigenvalue weighted by Crippen LogP contribution is 2.54. The minimum absolute atomic E-state index is 0.0121. The molecule has 18 nitrogen and oxygen atoms in total. The number of carbonyl (C=O) groups is 8. The Bertz CT molecular complexity index is 2780. The number of esters is 5. The molecule has 2 aromatic carbocycles. The van der Waals surface area contributed by atoms with Gasteiger partial charge in [-0.2, -0.15) is 0 Å². The van der Waals surface area contributed by atoms with Gasteiger partial charge in [0.2, 0.25) is 0 Å². The van der Waals surface area contributed by atoms with E-state index in [1.807, 2.05) is 55.5 Å². The second kappa shape index (κ2) is 26.5. The molecule has 0 unspecified atom stereocenters. The van der Waals surface area contributed by atoms with Crippen molar-refractivity contribution in [1.82, 2.24) is 0 Å². The van der Waals surface area contributed by atoms with Crippen LogP contribution in [-0.4, -0.2) is 107 Å². The van der Waals surface area contributed by atoms with E-state index in [9.17, 15) is 53.7 Å². The predicted octanol–water partition coefficient (Wildman–Crippen LogP) is 12.4. The second-order valence-corrected chi connectivity index (χ2v) is 30.5. The molecule has 2 aliphatic rings. The Morgan fingerprint density at radius 2 is 0.776 bits per heavy atom. The van der Waals surface area contributed by atoms with Gasteiger partial charge in [0.25, 0.3) is 0 Å². The minimum atomic E-state index is -1.44. The van der Waals surface area contributed by atoms with E-state index >= 15 is 0 Å². The Labute approximate surface area is 503 Å². The molecule has 0 radical (unpaired) electrons. The lowest BCUT2D eigenvalue weighted by Crippen LogP contribution is -2.61. The molecule has 85 heavy (non-hydrogen) atoms. The average Bonchev–Trinajstić information content (AvgIpc) is 1.28. The first-order valence-corrected chi connectivity index (χ1v) is 29.4. The van der Waals surface area contributed by atoms with E-state index in [4.69, 9.17) is 33.2 Å². The monoisotopic (exact) mass is 1190 g/mol. The quantitative estimate of drug-likeness (QED) is 0.0632. The molecule has 3 N–H and O–H groups in total. The zero-order chi connectivity index (χ0) is 65.1. The van der Waals surface area contributed by atoms with E-state index in [1.54, 1.807) is 151 Å². The van der Waals surface area contributed by atoms with E-state index in [-0.39, 0.29) is 25.9 Å². The SMILES string of the molecule is Cc1cc(/C=C/c2ccc([C@@H]3O[C@@H](COC(=O)C(C)(C)C)[C@H](CC(C)(C)C(=O)O)[C@H](CC(C)(C)C(=O)O)[C@H]3CC(C)(C)C(=O)O)cc2)ccc1[C@H]1O[C@H](COC(=O)C(C)(C)C)[C@@H](OC(=O)C(C)(C)C)[C@H](OC(=O)C(C)(C)C)[C@@H]1OC(=O)C(C)(C)C. The number of hydrogen-bond acceptors (Lipinski definition) is 15. The first-order chi connectivity index (χ1) is 38.5. The topological polar surface area (TPSA) is 262 Å². The van der Waals surface area contributed by atoms with E-state index in [0.29, 0.717) is 16.7 Å². The molecule has 474 valence electrons. The Balaban J connectivity index is 1.87. The molecule has 18 heteroatoms. The molecule has 2 heterocycles. The van der Waals surface area contributed by atoms with Crippen LogP contribution >= 0.6 is 0 Å². The molecule has 0 saturated carbocycles. The van der Waals surface area contributed by atoms with E-state index in [0.717, 1.165) is 11.1 Å². The maximum atomic E-state index is 14.0. The van der Waals surface area contributed by atoms with Crippen molar-refractivity contribution >= 4 is 59.9 Å². The third-order valence-electron chi connectivity index (χ3n) is 15.8. The van der Waals surface area contributed by atoms with Crippen LogP contribution in [0.15, 0.2) is 42.5 Å². The number of aryl methyl sites for hydroxylation is 1. The van der Waals surface area contributed by atoms with Crippen molar-refractivity contribution in [1.29, 1.82) is 0 Å². The van der Waals surface area contributed by atoms with Crippen molar-refractivity contribution in [2.45, 2.75) is 214 Å². The first-order valence-electron chi connectivity index (χ1n) is 29.4. The smallest absolute Gasteiger partial charge is 0.311 e. The highest BCUT2D eigenvalue weighted by atomic mass is 16.7. The molecule has 0 aliphatic carbocycles. The van der Waals surface area contributed by atoms with Crippen molar-refractivity contribution < 1.29 is 86.8 Å². The molecule has 2 fully saturated rings. The average molecular weight is 1190 g/mol. The molecule has 10 atom stereocenters. The van der Waals surface area contributed by atoms with Crippen molar-refractivity contribution in [3.05, 3.63) is 70.3 Å². The van der Waals surface area contributed by atoms with E-state index in [1.165, 1.54) is 0 Å². The molecular formula is C67H98O18. The molecule has 0 amide bonds. The van der Waals surface area contributed by atoms with Crippen LogP contribution in [-0.2, 0) is 71.5 Å². The van der Waals surface area contributed by atoms with Crippen molar-refractivity contribution in [2.75, 3.05) is 13.2 Å². The maximum absolute atomic E-state index is 14.0. The minimum Gasteiger partial charge on any atom is -0.481 e. The summed E-state index contributed by atoms with van der Waals surface area (Å²) in [5, 5.41) is 31.5. The van der Waals surface area contributed by atoms with Gasteiger partial charge in [0.05, 0.1) is 55.5 Å². The van der Waals surface area contributed by atoms with Gasteiger partial charge in [-0.05, 0) is 217 Å². The van der Waals surface area contributed by atoms with Gasteiger partial charge in [-0.1, -0.05) is 54.6 Å². The van der Waals surface area contributed by atoms with Gasteiger partial charge in [-0.15, -0.1) is 0 Å². The van der Waals surface area contributed by atoms with Crippen LogP contribution in [0.1, 0.15) is 205 Å². The van der Waals surface area contributed by atoms with E-state index < -0.39 is 158 Å². The Morgan fingerprint density at radius 3 is 1.19 bits per heavy atom. The summed E-state index contributed by atoms with van der Waals surface area (Å²) in [5.74, 6) is -8.27. The summed E-state index contributed by atoms with van der Waals surface area (Å²) in [6, 6.07) is 12.9. The van der Waals surface area contributed by atoms with Crippen LogP contribution < -0.4 is 0 Å². The molecular weight excluding hydrogens is 1090 g/mol. The normalized spacial score (nSPS) is 23.8. The number of aliphatic carboxylic acids is 3. The zero-order valence-electron chi connectivity index (χ0n) is 54.5. The van der Waals surface area contributed by atoms with Gasteiger partial charge in [-0.25, -0.2) is 0 Å². The molecule has 0 aromatic heterocycles. The Kier molecular flexibility index (Phi) is 22.2. The summed E-state index contributed by atoms with van der Waals surface area (Å²) >= 11 is 0. The summed E-state index contributed by atoms with van der Waals surface area (Å²) in [6.45, 7) is 35.9. The third kappa shape index (κ3) is 18.7. The lowest BCUT2D eigenvalue weighted by Gasteiger charge is -2.51. The molecule has 4 rings (SSSR count). The van der Waals surface area contributed by atoms with E-state index in [2.05, 4.69) is 0 Å². The molecule has 2 saturated heterocycles. The highest BCUT2D eigenvalue weighted by Gasteiger charge is 2.56. The largest absolute Gasteiger partial charge is 0.481 e. The number of carboxylic acids is 3. The Morgan fingerprint density at radius 1 is 0.424 bits per heavy atom. The number of benzene rings is 2. The predicted molar refractivity (Wildman–Crippen MR) is 319 cm³/mol. The zero-order valence-corrected chi connectivity index (χ0v) is 54.5. The maximum Gasteiger partial charge on any atom is 0.311 e. The van der Waals surface area contributed by atoms with Gasteiger partial charge in [0, 0.05) is 0 Å². The van der Waals surface area contributed by atoms with Crippen molar-refractivity contribution in [3.8, 4) is 0 Å². The number of rotatable bonds is 20. The molecule has 0 spiro atoms. The second-order valence-electron chi connectivity index (χ2n) is 30.5. The van der Waals surface area contributed by atoms with Gasteiger partial charge in [0.1, 0.15) is 25.4 Å². The van der Waals surface area contributed by atoms with Crippen LogP contribution in [0.5, 0.6) is 0 Å². The number of hydrogen-bond donors (Lipinski definition) is 3. The summed E-state index contributed by atoms with van der Waals surface area (Å²) < 4.78 is 44.3. The highest BCUT2D eigenvalue weighted by molar-refractivity contribution is 5.79. The Hall–Kier alpha value is -6.14. The summed E-state index contributed by atoms with van der Waals surface area (Å²) in [7, 11) is 0. The van der Waals surface area contributed by atoms with Crippen LogP contribution in [0, 0.1) is 68.0 Å². The third-order valence-corrected chi connectivity index (χ3v) is 15.8. The summed E-state index contributed by atoms with van der Waals surface area (Å²) in [5.41, 5.74) is -5.60. The number of carboxylic acid groups (broad SMARTS) is 3. The van der Waals surface area contributed by atoms with Crippen LogP contribution in [0.25, 0.3) is 12.2 Å².